The maximum atomic E-state index is 5.72. The fourth-order valence-electron chi connectivity index (χ4n) is 1.61. The third kappa shape index (κ3) is 2.45. The van der Waals surface area contributed by atoms with E-state index in [0.717, 1.165) is 0 Å². The van der Waals surface area contributed by atoms with Gasteiger partial charge in [0.2, 0.25) is 5.95 Å². The molecule has 17 heavy (non-hydrogen) atoms. The summed E-state index contributed by atoms with van der Waals surface area (Å²) in [7, 11) is 2.52. The summed E-state index contributed by atoms with van der Waals surface area (Å²) in [4.78, 5) is 12.2. The highest BCUT2D eigenvalue weighted by molar-refractivity contribution is 7.16. The fourth-order valence-corrected chi connectivity index (χ4v) is 1.94. The van der Waals surface area contributed by atoms with E-state index < -0.39 is 0 Å². The van der Waals surface area contributed by atoms with E-state index in [-0.39, 0.29) is 12.1 Å². The van der Waals surface area contributed by atoms with Gasteiger partial charge in [0.05, 0.1) is 25.3 Å². The predicted octanol–water partition coefficient (Wildman–Crippen LogP) is 0.228. The molecular formula is C9H15N6OP. The lowest BCUT2D eigenvalue weighted by Gasteiger charge is -2.12. The zero-order valence-corrected chi connectivity index (χ0v) is 10.7. The zero-order valence-electron chi connectivity index (χ0n) is 9.50. The first-order chi connectivity index (χ1) is 8.11. The Kier molecular flexibility index (Phi) is 3.40. The van der Waals surface area contributed by atoms with Crippen LogP contribution in [0.1, 0.15) is 6.92 Å². The summed E-state index contributed by atoms with van der Waals surface area (Å²) in [5, 5.41) is 0. The van der Waals surface area contributed by atoms with E-state index in [1.165, 1.54) is 0 Å². The van der Waals surface area contributed by atoms with E-state index in [4.69, 9.17) is 16.2 Å². The van der Waals surface area contributed by atoms with E-state index >= 15 is 0 Å². The fraction of sp³-hybridized carbons (Fsp3) is 0.444. The standard InChI is InChI=1S/C9H15N6OP/c1-5(16-4-17)2-15-3-12-6-7(10)13-9(11)14-8(6)15/h3,5H,2,4,17H2,1H3,(H4,10,11,13,14). The molecule has 2 rings (SSSR count). The van der Waals surface area contributed by atoms with Gasteiger partial charge in [0.25, 0.3) is 0 Å². The lowest BCUT2D eigenvalue weighted by Crippen LogP contribution is -2.16. The molecule has 92 valence electrons. The first-order valence-corrected chi connectivity index (χ1v) is 5.99. The first-order valence-electron chi connectivity index (χ1n) is 5.17. The first kappa shape index (κ1) is 12.0. The summed E-state index contributed by atoms with van der Waals surface area (Å²) in [6.45, 7) is 2.62. The lowest BCUT2D eigenvalue weighted by molar-refractivity contribution is 0.0913. The Morgan fingerprint density at radius 3 is 2.94 bits per heavy atom. The van der Waals surface area contributed by atoms with E-state index in [2.05, 4.69) is 24.2 Å². The van der Waals surface area contributed by atoms with Crippen molar-refractivity contribution in [2.24, 2.45) is 0 Å². The lowest BCUT2D eigenvalue weighted by atomic mass is 10.4. The van der Waals surface area contributed by atoms with Crippen molar-refractivity contribution in [1.82, 2.24) is 19.5 Å². The van der Waals surface area contributed by atoms with Gasteiger partial charge in [-0.1, -0.05) is 0 Å². The summed E-state index contributed by atoms with van der Waals surface area (Å²) in [6, 6.07) is 0. The van der Waals surface area contributed by atoms with Crippen molar-refractivity contribution in [1.29, 1.82) is 0 Å². The predicted molar refractivity (Wildman–Crippen MR) is 69.3 cm³/mol. The van der Waals surface area contributed by atoms with Crippen molar-refractivity contribution in [3.05, 3.63) is 6.33 Å². The van der Waals surface area contributed by atoms with Gasteiger partial charge in [0, 0.05) is 0 Å². The number of nitrogen functional groups attached to an aromatic ring is 2. The quantitative estimate of drug-likeness (QED) is 0.756. The highest BCUT2D eigenvalue weighted by atomic mass is 31.0. The Morgan fingerprint density at radius 2 is 2.24 bits per heavy atom. The normalized spacial score (nSPS) is 13.1. The summed E-state index contributed by atoms with van der Waals surface area (Å²) < 4.78 is 7.29. The highest BCUT2D eigenvalue weighted by Gasteiger charge is 2.11. The van der Waals surface area contributed by atoms with Gasteiger partial charge in [-0.05, 0) is 6.92 Å². The molecule has 0 spiro atoms. The molecule has 8 heteroatoms. The molecule has 0 aliphatic carbocycles. The van der Waals surface area contributed by atoms with E-state index in [9.17, 15) is 0 Å². The number of imidazole rings is 1. The molecule has 0 aromatic carbocycles. The molecule has 0 amide bonds. The maximum absolute atomic E-state index is 5.72. The Balaban J connectivity index is 2.35. The van der Waals surface area contributed by atoms with Crippen LogP contribution >= 0.6 is 9.24 Å². The monoisotopic (exact) mass is 254 g/mol. The summed E-state index contributed by atoms with van der Waals surface area (Å²) in [6.07, 6.45) is 2.31. The van der Waals surface area contributed by atoms with Gasteiger partial charge in [0.15, 0.2) is 11.5 Å². The van der Waals surface area contributed by atoms with Crippen LogP contribution in [0.5, 0.6) is 0 Å². The van der Waals surface area contributed by atoms with Crippen LogP contribution in [0.4, 0.5) is 11.8 Å². The molecule has 0 bridgehead atoms. The van der Waals surface area contributed by atoms with Gasteiger partial charge in [-0.15, -0.1) is 9.24 Å². The molecule has 0 aliphatic heterocycles. The van der Waals surface area contributed by atoms with Crippen molar-refractivity contribution in [2.75, 3.05) is 17.8 Å². The Bertz CT molecular complexity index is 527. The van der Waals surface area contributed by atoms with Crippen LogP contribution in [0.15, 0.2) is 6.33 Å². The van der Waals surface area contributed by atoms with Crippen molar-refractivity contribution in [2.45, 2.75) is 19.6 Å². The van der Waals surface area contributed by atoms with Crippen LogP contribution in [0.25, 0.3) is 11.2 Å². The zero-order chi connectivity index (χ0) is 12.4. The molecule has 0 saturated heterocycles. The van der Waals surface area contributed by atoms with Crippen LogP contribution in [0, 0.1) is 0 Å². The van der Waals surface area contributed by atoms with Crippen LogP contribution in [0.3, 0.4) is 0 Å². The second kappa shape index (κ2) is 4.81. The van der Waals surface area contributed by atoms with Crippen LogP contribution in [-0.2, 0) is 11.3 Å². The smallest absolute Gasteiger partial charge is 0.224 e. The third-order valence-electron chi connectivity index (χ3n) is 2.34. The summed E-state index contributed by atoms with van der Waals surface area (Å²) in [5.74, 6) is 0.447. The van der Waals surface area contributed by atoms with Crippen molar-refractivity contribution < 1.29 is 4.74 Å². The topological polar surface area (TPSA) is 105 Å². The minimum absolute atomic E-state index is 0.0577. The molecule has 2 aromatic rings. The summed E-state index contributed by atoms with van der Waals surface area (Å²) >= 11 is 0. The Hall–Kier alpha value is -1.46. The Labute approximate surface area is 101 Å². The van der Waals surface area contributed by atoms with E-state index in [0.29, 0.717) is 29.9 Å². The number of rotatable bonds is 4. The number of fused-ring (bicyclic) bond motifs is 1. The van der Waals surface area contributed by atoms with E-state index in [1.54, 1.807) is 6.33 Å². The van der Waals surface area contributed by atoms with Gasteiger partial charge < -0.3 is 20.8 Å². The van der Waals surface area contributed by atoms with Gasteiger partial charge >= 0.3 is 0 Å². The molecule has 0 aliphatic rings. The summed E-state index contributed by atoms with van der Waals surface area (Å²) in [5.41, 5.74) is 12.5. The molecule has 2 unspecified atom stereocenters. The Morgan fingerprint density at radius 1 is 1.47 bits per heavy atom. The van der Waals surface area contributed by atoms with Gasteiger partial charge in [-0.3, -0.25) is 0 Å². The molecule has 2 aromatic heterocycles. The number of hydrogen-bond acceptors (Lipinski definition) is 6. The molecule has 2 atom stereocenters. The number of ether oxygens (including phenoxy) is 1. The number of anilines is 2. The van der Waals surface area contributed by atoms with Crippen molar-refractivity contribution >= 4 is 32.2 Å². The minimum Gasteiger partial charge on any atom is -0.382 e. The third-order valence-corrected chi connectivity index (χ3v) is 2.54. The van der Waals surface area contributed by atoms with Gasteiger partial charge in [-0.25, -0.2) is 4.98 Å². The number of hydrogen-bond donors (Lipinski definition) is 2. The molecule has 7 nitrogen and oxygen atoms in total. The maximum Gasteiger partial charge on any atom is 0.224 e. The molecule has 2 heterocycles. The second-order valence-corrected chi connectivity index (χ2v) is 4.01. The largest absolute Gasteiger partial charge is 0.382 e. The van der Waals surface area contributed by atoms with Crippen LogP contribution < -0.4 is 11.5 Å². The number of aromatic nitrogens is 4. The van der Waals surface area contributed by atoms with Crippen molar-refractivity contribution in [3.63, 3.8) is 0 Å². The molecule has 0 fully saturated rings. The molecule has 0 saturated carbocycles. The average molecular weight is 254 g/mol. The SMILES string of the molecule is CC(Cn1cnc2c(N)nc(N)nc21)OCP. The van der Waals surface area contributed by atoms with Gasteiger partial charge in [0.1, 0.15) is 5.52 Å². The molecular weight excluding hydrogens is 239 g/mol. The van der Waals surface area contributed by atoms with E-state index in [1.807, 2.05) is 11.5 Å². The number of nitrogens with zero attached hydrogens (tertiary/aromatic N) is 4. The van der Waals surface area contributed by atoms with Crippen LogP contribution in [-0.4, -0.2) is 32.0 Å². The van der Waals surface area contributed by atoms with Gasteiger partial charge in [-0.2, -0.15) is 9.97 Å². The second-order valence-electron chi connectivity index (χ2n) is 3.68. The molecule has 4 N–H and O–H groups in total. The number of nitrogens with two attached hydrogens (primary N) is 2. The highest BCUT2D eigenvalue weighted by Crippen LogP contribution is 2.17. The minimum atomic E-state index is 0.0577. The van der Waals surface area contributed by atoms with Crippen molar-refractivity contribution in [3.8, 4) is 0 Å². The average Bonchev–Trinajstić information content (AvgIpc) is 2.62. The molecule has 0 radical (unpaired) electrons. The van der Waals surface area contributed by atoms with Crippen LogP contribution in [0.2, 0.25) is 0 Å².